The molecular formula is C22H24N2O3. The maximum absolute atomic E-state index is 13.1. The summed E-state index contributed by atoms with van der Waals surface area (Å²) in [6.45, 7) is 3.74. The average molecular weight is 364 g/mol. The molecule has 4 rings (SSSR count). The largest absolute Gasteiger partial charge is 0.495 e. The molecule has 2 aromatic carbocycles. The summed E-state index contributed by atoms with van der Waals surface area (Å²) in [5.74, 6) is 0.420. The zero-order valence-electron chi connectivity index (χ0n) is 15.8. The van der Waals surface area contributed by atoms with Crippen LogP contribution >= 0.6 is 0 Å². The van der Waals surface area contributed by atoms with E-state index < -0.39 is 0 Å². The Labute approximate surface area is 159 Å². The number of methoxy groups -OCH3 is 1. The Bertz CT molecular complexity index is 893. The Balaban J connectivity index is 1.51. The second kappa shape index (κ2) is 7.06. The molecule has 0 spiro atoms. The highest BCUT2D eigenvalue weighted by Crippen LogP contribution is 2.34. The minimum absolute atomic E-state index is 0.0188. The van der Waals surface area contributed by atoms with Gasteiger partial charge in [-0.15, -0.1) is 0 Å². The predicted octanol–water partition coefficient (Wildman–Crippen LogP) is 2.94. The topological polar surface area (TPSA) is 49.9 Å². The minimum Gasteiger partial charge on any atom is -0.495 e. The third kappa shape index (κ3) is 3.29. The molecule has 0 bridgehead atoms. The van der Waals surface area contributed by atoms with Gasteiger partial charge in [0.15, 0.2) is 0 Å². The highest BCUT2D eigenvalue weighted by molar-refractivity contribution is 6.01. The molecule has 1 saturated heterocycles. The Kier molecular flexibility index (Phi) is 4.60. The minimum atomic E-state index is -0.298. The van der Waals surface area contributed by atoms with Gasteiger partial charge in [0.1, 0.15) is 5.75 Å². The zero-order chi connectivity index (χ0) is 19.0. The lowest BCUT2D eigenvalue weighted by atomic mass is 9.98. The van der Waals surface area contributed by atoms with E-state index in [1.165, 1.54) is 11.1 Å². The second-order valence-corrected chi connectivity index (χ2v) is 7.36. The van der Waals surface area contributed by atoms with E-state index >= 15 is 0 Å². The van der Waals surface area contributed by atoms with Gasteiger partial charge >= 0.3 is 0 Å². The van der Waals surface area contributed by atoms with Gasteiger partial charge in [-0.25, -0.2) is 0 Å². The summed E-state index contributed by atoms with van der Waals surface area (Å²) in [6.07, 6.45) is 1.13. The van der Waals surface area contributed by atoms with Gasteiger partial charge in [-0.3, -0.25) is 9.59 Å². The first kappa shape index (κ1) is 17.6. The van der Waals surface area contributed by atoms with Crippen molar-refractivity contribution in [3.8, 4) is 5.75 Å². The van der Waals surface area contributed by atoms with Gasteiger partial charge < -0.3 is 14.5 Å². The van der Waals surface area contributed by atoms with Crippen LogP contribution in [0.5, 0.6) is 5.75 Å². The van der Waals surface area contributed by atoms with Crippen LogP contribution in [0.15, 0.2) is 42.5 Å². The van der Waals surface area contributed by atoms with E-state index in [9.17, 15) is 9.59 Å². The number of hydrogen-bond donors (Lipinski definition) is 0. The van der Waals surface area contributed by atoms with Crippen molar-refractivity contribution in [2.75, 3.05) is 25.1 Å². The molecule has 140 valence electrons. The summed E-state index contributed by atoms with van der Waals surface area (Å²) in [5.41, 5.74) is 4.33. The molecule has 0 saturated carbocycles. The SMILES string of the molecule is COc1ccc(C)cc1N1C[C@@H](C(=O)N2CCc3ccccc3C2)CC1=O. The number of hydrogen-bond acceptors (Lipinski definition) is 3. The Morgan fingerprint density at radius 2 is 1.93 bits per heavy atom. The van der Waals surface area contributed by atoms with Gasteiger partial charge in [0, 0.05) is 26.1 Å². The maximum Gasteiger partial charge on any atom is 0.228 e. The monoisotopic (exact) mass is 364 g/mol. The van der Waals surface area contributed by atoms with Crippen molar-refractivity contribution in [2.24, 2.45) is 5.92 Å². The van der Waals surface area contributed by atoms with E-state index in [1.54, 1.807) is 12.0 Å². The standard InChI is InChI=1S/C22H24N2O3/c1-15-7-8-20(27-2)19(11-15)24-14-18(12-21(24)25)22(26)23-10-9-16-5-3-4-6-17(16)13-23/h3-8,11,18H,9-10,12-14H2,1-2H3/t18-/m0/s1. The normalized spacial score (nSPS) is 19.2. The molecule has 27 heavy (non-hydrogen) atoms. The summed E-state index contributed by atoms with van der Waals surface area (Å²) < 4.78 is 5.42. The number of benzene rings is 2. The molecule has 5 nitrogen and oxygen atoms in total. The van der Waals surface area contributed by atoms with Crippen LogP contribution in [0.25, 0.3) is 0 Å². The fraction of sp³-hybridized carbons (Fsp3) is 0.364. The predicted molar refractivity (Wildman–Crippen MR) is 104 cm³/mol. The fourth-order valence-electron chi connectivity index (χ4n) is 4.06. The van der Waals surface area contributed by atoms with Crippen molar-refractivity contribution in [3.63, 3.8) is 0 Å². The molecule has 2 amide bonds. The van der Waals surface area contributed by atoms with Gasteiger partial charge in [0.2, 0.25) is 11.8 Å². The van der Waals surface area contributed by atoms with Gasteiger partial charge in [-0.2, -0.15) is 0 Å². The van der Waals surface area contributed by atoms with E-state index in [1.807, 2.05) is 42.2 Å². The first-order valence-corrected chi connectivity index (χ1v) is 9.37. The number of carbonyl (C=O) groups excluding carboxylic acids is 2. The zero-order valence-corrected chi connectivity index (χ0v) is 15.8. The fourth-order valence-corrected chi connectivity index (χ4v) is 4.06. The van der Waals surface area contributed by atoms with Crippen LogP contribution in [0.4, 0.5) is 5.69 Å². The molecule has 1 atom stereocenters. The molecule has 5 heteroatoms. The Hall–Kier alpha value is -2.82. The number of nitrogens with zero attached hydrogens (tertiary/aromatic N) is 2. The van der Waals surface area contributed by atoms with Crippen molar-refractivity contribution in [1.82, 2.24) is 4.90 Å². The van der Waals surface area contributed by atoms with Crippen molar-refractivity contribution in [3.05, 3.63) is 59.2 Å². The van der Waals surface area contributed by atoms with Crippen LogP contribution in [0.1, 0.15) is 23.1 Å². The summed E-state index contributed by atoms with van der Waals surface area (Å²) >= 11 is 0. The van der Waals surface area contributed by atoms with Crippen LogP contribution in [0.3, 0.4) is 0 Å². The van der Waals surface area contributed by atoms with Gasteiger partial charge in [-0.1, -0.05) is 30.3 Å². The van der Waals surface area contributed by atoms with Crippen molar-refractivity contribution < 1.29 is 14.3 Å². The number of fused-ring (bicyclic) bond motifs is 1. The molecular weight excluding hydrogens is 340 g/mol. The quantitative estimate of drug-likeness (QED) is 0.841. The summed E-state index contributed by atoms with van der Waals surface area (Å²) in [6, 6.07) is 14.0. The van der Waals surface area contributed by atoms with Crippen molar-refractivity contribution in [2.45, 2.75) is 26.3 Å². The molecule has 2 aliphatic heterocycles. The lowest BCUT2D eigenvalue weighted by Gasteiger charge is -2.30. The Morgan fingerprint density at radius 1 is 1.15 bits per heavy atom. The molecule has 0 unspecified atom stereocenters. The smallest absolute Gasteiger partial charge is 0.228 e. The van der Waals surface area contributed by atoms with Crippen LogP contribution in [-0.2, 0) is 22.6 Å². The first-order chi connectivity index (χ1) is 13.1. The lowest BCUT2D eigenvalue weighted by Crippen LogP contribution is -2.40. The molecule has 2 aliphatic rings. The summed E-state index contributed by atoms with van der Waals surface area (Å²) in [5, 5.41) is 0. The third-order valence-electron chi connectivity index (χ3n) is 5.54. The molecule has 0 aliphatic carbocycles. The molecule has 0 N–H and O–H groups in total. The van der Waals surface area contributed by atoms with E-state index in [2.05, 4.69) is 12.1 Å². The van der Waals surface area contributed by atoms with E-state index in [-0.39, 0.29) is 24.2 Å². The van der Waals surface area contributed by atoms with Crippen LogP contribution in [-0.4, -0.2) is 36.9 Å². The number of carbonyl (C=O) groups is 2. The molecule has 0 radical (unpaired) electrons. The first-order valence-electron chi connectivity index (χ1n) is 9.37. The number of aryl methyl sites for hydroxylation is 1. The number of rotatable bonds is 3. The van der Waals surface area contributed by atoms with Gasteiger partial charge in [0.05, 0.1) is 18.7 Å². The highest BCUT2D eigenvalue weighted by atomic mass is 16.5. The lowest BCUT2D eigenvalue weighted by molar-refractivity contribution is -0.136. The highest BCUT2D eigenvalue weighted by Gasteiger charge is 2.38. The summed E-state index contributed by atoms with van der Waals surface area (Å²) in [4.78, 5) is 29.3. The van der Waals surface area contributed by atoms with Crippen LogP contribution < -0.4 is 9.64 Å². The third-order valence-corrected chi connectivity index (χ3v) is 5.54. The Morgan fingerprint density at radius 3 is 2.70 bits per heavy atom. The van der Waals surface area contributed by atoms with E-state index in [4.69, 9.17) is 4.74 Å². The number of ether oxygens (including phenoxy) is 1. The van der Waals surface area contributed by atoms with Gasteiger partial charge in [0.25, 0.3) is 0 Å². The van der Waals surface area contributed by atoms with Crippen molar-refractivity contribution in [1.29, 1.82) is 0 Å². The second-order valence-electron chi connectivity index (χ2n) is 7.36. The number of anilines is 1. The van der Waals surface area contributed by atoms with Crippen LogP contribution in [0.2, 0.25) is 0 Å². The average Bonchev–Trinajstić information content (AvgIpc) is 3.08. The maximum atomic E-state index is 13.1. The molecule has 1 fully saturated rings. The number of amides is 2. The van der Waals surface area contributed by atoms with Crippen LogP contribution in [0, 0.1) is 12.8 Å². The molecule has 0 aromatic heterocycles. The molecule has 2 aromatic rings. The summed E-state index contributed by atoms with van der Waals surface area (Å²) in [7, 11) is 1.60. The van der Waals surface area contributed by atoms with E-state index in [0.717, 1.165) is 17.7 Å². The van der Waals surface area contributed by atoms with Crippen molar-refractivity contribution >= 4 is 17.5 Å². The van der Waals surface area contributed by atoms with Gasteiger partial charge in [-0.05, 0) is 42.2 Å². The molecule has 2 heterocycles. The van der Waals surface area contributed by atoms with E-state index in [0.29, 0.717) is 25.4 Å².